The third-order valence-corrected chi connectivity index (χ3v) is 5.97. The maximum atomic E-state index is 12.6. The van der Waals surface area contributed by atoms with Crippen molar-refractivity contribution in [3.8, 4) is 0 Å². The Bertz CT molecular complexity index is 1030. The van der Waals surface area contributed by atoms with Gasteiger partial charge in [0.25, 0.3) is 15.9 Å². The number of amides is 3. The largest absolute Gasteiger partial charge is 0.326 e. The first kappa shape index (κ1) is 18.6. The molecule has 1 atom stereocenters. The highest BCUT2D eigenvalue weighted by Crippen LogP contribution is 2.31. The van der Waals surface area contributed by atoms with Gasteiger partial charge in [0, 0.05) is 18.3 Å². The predicted molar refractivity (Wildman–Crippen MR) is 98.6 cm³/mol. The summed E-state index contributed by atoms with van der Waals surface area (Å²) in [5.41, 5.74) is 1.01. The fraction of sp³-hybridized carbons (Fsp3) is 0.167. The van der Waals surface area contributed by atoms with Crippen molar-refractivity contribution in [2.24, 2.45) is 0 Å². The summed E-state index contributed by atoms with van der Waals surface area (Å²) in [4.78, 5) is 35.9. The van der Waals surface area contributed by atoms with E-state index < -0.39 is 27.9 Å². The Morgan fingerprint density at radius 3 is 2.07 bits per heavy atom. The molecule has 0 aliphatic carbocycles. The number of carbonyl (C=O) groups is 3. The fourth-order valence-electron chi connectivity index (χ4n) is 2.78. The van der Waals surface area contributed by atoms with Gasteiger partial charge in [0.15, 0.2) is 0 Å². The molecule has 2 N–H and O–H groups in total. The lowest BCUT2D eigenvalue weighted by Crippen LogP contribution is -2.45. The van der Waals surface area contributed by atoms with Crippen LogP contribution in [0, 0.1) is 0 Å². The van der Waals surface area contributed by atoms with E-state index >= 15 is 0 Å². The number of anilines is 2. The number of fused-ring (bicyclic) bond motifs is 1. The molecule has 0 bridgehead atoms. The van der Waals surface area contributed by atoms with Crippen molar-refractivity contribution in [2.45, 2.75) is 24.8 Å². The Balaban J connectivity index is 1.78. The van der Waals surface area contributed by atoms with Crippen LogP contribution in [0.1, 0.15) is 24.2 Å². The molecule has 3 rings (SSSR count). The molecule has 9 heteroatoms. The average Bonchev–Trinajstić information content (AvgIpc) is 2.82. The minimum atomic E-state index is -4.08. The van der Waals surface area contributed by atoms with Gasteiger partial charge >= 0.3 is 0 Å². The number of rotatable bonds is 4. The second kappa shape index (κ2) is 6.84. The first-order valence-corrected chi connectivity index (χ1v) is 9.52. The number of sulfonamides is 1. The minimum Gasteiger partial charge on any atom is -0.326 e. The monoisotopic (exact) mass is 387 g/mol. The van der Waals surface area contributed by atoms with Gasteiger partial charge in [-0.25, -0.2) is 12.7 Å². The molecule has 27 heavy (non-hydrogen) atoms. The van der Waals surface area contributed by atoms with E-state index in [4.69, 9.17) is 0 Å². The SMILES string of the molecule is CC(=O)Nc1ccc(NC(=O)C(C)N2C(=O)c3ccccc3S2(=O)=O)cc1. The molecule has 0 saturated carbocycles. The zero-order valence-corrected chi connectivity index (χ0v) is 15.4. The van der Waals surface area contributed by atoms with Gasteiger partial charge in [-0.2, -0.15) is 0 Å². The molecule has 0 saturated heterocycles. The van der Waals surface area contributed by atoms with Gasteiger partial charge in [0.05, 0.1) is 5.56 Å². The number of nitrogens with zero attached hydrogens (tertiary/aromatic N) is 1. The lowest BCUT2D eigenvalue weighted by Gasteiger charge is -2.22. The maximum Gasteiger partial charge on any atom is 0.269 e. The third kappa shape index (κ3) is 3.41. The van der Waals surface area contributed by atoms with Crippen LogP contribution in [0.25, 0.3) is 0 Å². The van der Waals surface area contributed by atoms with Crippen LogP contribution in [0.2, 0.25) is 0 Å². The number of hydrogen-bond donors (Lipinski definition) is 2. The molecule has 0 fully saturated rings. The Kier molecular flexibility index (Phi) is 4.71. The molecular formula is C18H17N3O5S. The van der Waals surface area contributed by atoms with Gasteiger partial charge in [-0.1, -0.05) is 12.1 Å². The summed E-state index contributed by atoms with van der Waals surface area (Å²) in [5.74, 6) is -1.60. The summed E-state index contributed by atoms with van der Waals surface area (Å²) in [6.45, 7) is 2.73. The molecule has 1 heterocycles. The van der Waals surface area contributed by atoms with Crippen LogP contribution >= 0.6 is 0 Å². The van der Waals surface area contributed by atoms with Gasteiger partial charge in [0.1, 0.15) is 10.9 Å². The highest BCUT2D eigenvalue weighted by Gasteiger charge is 2.45. The van der Waals surface area contributed by atoms with Crippen molar-refractivity contribution in [3.63, 3.8) is 0 Å². The number of benzene rings is 2. The highest BCUT2D eigenvalue weighted by atomic mass is 32.2. The van der Waals surface area contributed by atoms with Crippen LogP contribution in [0.3, 0.4) is 0 Å². The van der Waals surface area contributed by atoms with E-state index in [1.165, 1.54) is 32.0 Å². The van der Waals surface area contributed by atoms with Crippen LogP contribution in [0.4, 0.5) is 11.4 Å². The van der Waals surface area contributed by atoms with Crippen molar-refractivity contribution in [2.75, 3.05) is 10.6 Å². The van der Waals surface area contributed by atoms with Crippen molar-refractivity contribution in [3.05, 3.63) is 54.1 Å². The summed E-state index contributed by atoms with van der Waals surface area (Å²) in [7, 11) is -4.08. The lowest BCUT2D eigenvalue weighted by atomic mass is 10.2. The Morgan fingerprint density at radius 1 is 0.963 bits per heavy atom. The quantitative estimate of drug-likeness (QED) is 0.831. The predicted octanol–water partition coefficient (Wildman–Crippen LogP) is 1.82. The molecule has 1 unspecified atom stereocenters. The summed E-state index contributed by atoms with van der Waals surface area (Å²) in [6, 6.07) is 10.9. The third-order valence-electron chi connectivity index (χ3n) is 4.06. The molecular weight excluding hydrogens is 370 g/mol. The summed E-state index contributed by atoms with van der Waals surface area (Å²) >= 11 is 0. The van der Waals surface area contributed by atoms with Crippen LogP contribution in [-0.2, 0) is 19.6 Å². The van der Waals surface area contributed by atoms with Gasteiger partial charge < -0.3 is 10.6 Å². The molecule has 0 spiro atoms. The van der Waals surface area contributed by atoms with Crippen LogP contribution in [-0.4, -0.2) is 36.5 Å². The van der Waals surface area contributed by atoms with Crippen LogP contribution in [0.5, 0.6) is 0 Å². The van der Waals surface area contributed by atoms with Crippen molar-refractivity contribution >= 4 is 39.1 Å². The van der Waals surface area contributed by atoms with Gasteiger partial charge in [-0.15, -0.1) is 0 Å². The van der Waals surface area contributed by atoms with Gasteiger partial charge in [0.2, 0.25) is 11.8 Å². The molecule has 140 valence electrons. The van der Waals surface area contributed by atoms with Crippen molar-refractivity contribution in [1.82, 2.24) is 4.31 Å². The Morgan fingerprint density at radius 2 is 1.52 bits per heavy atom. The number of carbonyl (C=O) groups excluding carboxylic acids is 3. The lowest BCUT2D eigenvalue weighted by molar-refractivity contribution is -0.119. The highest BCUT2D eigenvalue weighted by molar-refractivity contribution is 7.90. The van der Waals surface area contributed by atoms with E-state index in [9.17, 15) is 22.8 Å². The first-order chi connectivity index (χ1) is 12.7. The van der Waals surface area contributed by atoms with E-state index in [0.29, 0.717) is 15.7 Å². The summed E-state index contributed by atoms with van der Waals surface area (Å²) < 4.78 is 25.8. The zero-order valence-electron chi connectivity index (χ0n) is 14.6. The minimum absolute atomic E-state index is 0.0526. The van der Waals surface area contributed by atoms with Crippen LogP contribution < -0.4 is 10.6 Å². The number of nitrogens with one attached hydrogen (secondary N) is 2. The Hall–Kier alpha value is -3.20. The second-order valence-electron chi connectivity index (χ2n) is 6.03. The second-order valence-corrected chi connectivity index (χ2v) is 7.81. The van der Waals surface area contributed by atoms with Gasteiger partial charge in [-0.05, 0) is 43.3 Å². The molecule has 3 amide bonds. The normalized spacial score (nSPS) is 15.8. The standard InChI is InChI=1S/C18H17N3O5S/c1-11(17(23)20-14-9-7-13(8-10-14)19-12(2)22)21-18(24)15-5-3-4-6-16(15)27(21,25)26/h3-11H,1-2H3,(H,19,22)(H,20,23). The van der Waals surface area contributed by atoms with E-state index in [0.717, 1.165) is 0 Å². The molecule has 8 nitrogen and oxygen atoms in total. The summed E-state index contributed by atoms with van der Waals surface area (Å²) in [5, 5.41) is 5.17. The first-order valence-electron chi connectivity index (χ1n) is 8.08. The van der Waals surface area contributed by atoms with E-state index in [2.05, 4.69) is 10.6 Å². The molecule has 1 aliphatic rings. The van der Waals surface area contributed by atoms with Crippen molar-refractivity contribution < 1.29 is 22.8 Å². The topological polar surface area (TPSA) is 113 Å². The fourth-order valence-corrected chi connectivity index (χ4v) is 4.50. The van der Waals surface area contributed by atoms with Crippen LogP contribution in [0.15, 0.2) is 53.4 Å². The Labute approximate surface area is 156 Å². The average molecular weight is 387 g/mol. The maximum absolute atomic E-state index is 12.6. The molecule has 0 aromatic heterocycles. The zero-order chi connectivity index (χ0) is 19.8. The summed E-state index contributed by atoms with van der Waals surface area (Å²) in [6.07, 6.45) is 0. The van der Waals surface area contributed by atoms with E-state index in [-0.39, 0.29) is 16.4 Å². The van der Waals surface area contributed by atoms with Gasteiger partial charge in [-0.3, -0.25) is 14.4 Å². The molecule has 2 aromatic carbocycles. The van der Waals surface area contributed by atoms with E-state index in [1.807, 2.05) is 0 Å². The number of hydrogen-bond acceptors (Lipinski definition) is 5. The van der Waals surface area contributed by atoms with E-state index in [1.54, 1.807) is 30.3 Å². The molecule has 2 aromatic rings. The smallest absolute Gasteiger partial charge is 0.269 e. The molecule has 0 radical (unpaired) electrons. The molecule has 1 aliphatic heterocycles. The van der Waals surface area contributed by atoms with Crippen molar-refractivity contribution in [1.29, 1.82) is 0 Å².